The summed E-state index contributed by atoms with van der Waals surface area (Å²) < 4.78 is 7.06. The van der Waals surface area contributed by atoms with Crippen LogP contribution in [0.4, 0.5) is 0 Å². The van der Waals surface area contributed by atoms with Crippen LogP contribution in [0.25, 0.3) is 11.3 Å². The topological polar surface area (TPSA) is 47.4 Å². The van der Waals surface area contributed by atoms with Crippen molar-refractivity contribution in [3.8, 4) is 17.0 Å². The summed E-state index contributed by atoms with van der Waals surface area (Å²) in [5.74, 6) is 0.892. The number of carbonyl (C=O) groups is 1. The number of rotatable bonds is 3. The monoisotopic (exact) mass is 299 g/mol. The quantitative estimate of drug-likeness (QED) is 0.875. The Morgan fingerprint density at radius 1 is 1.23 bits per heavy atom. The highest BCUT2D eigenvalue weighted by molar-refractivity contribution is 5.93. The molecule has 0 radical (unpaired) electrons. The van der Waals surface area contributed by atoms with Crippen LogP contribution in [0.2, 0.25) is 0 Å². The van der Waals surface area contributed by atoms with Crippen LogP contribution in [0.3, 0.4) is 0 Å². The van der Waals surface area contributed by atoms with Crippen LogP contribution in [-0.2, 0) is 7.05 Å². The minimum absolute atomic E-state index is 0.0320. The number of methoxy groups -OCH3 is 1. The van der Waals surface area contributed by atoms with Gasteiger partial charge >= 0.3 is 0 Å². The van der Waals surface area contributed by atoms with E-state index < -0.39 is 0 Å². The number of likely N-dealkylation sites (tertiary alicyclic amines) is 1. The van der Waals surface area contributed by atoms with Crippen molar-refractivity contribution < 1.29 is 9.53 Å². The van der Waals surface area contributed by atoms with Crippen molar-refractivity contribution >= 4 is 5.91 Å². The van der Waals surface area contributed by atoms with Gasteiger partial charge in [-0.2, -0.15) is 5.10 Å². The molecule has 0 atom stereocenters. The molecule has 2 aromatic rings. The largest absolute Gasteiger partial charge is 0.496 e. The first-order valence-corrected chi connectivity index (χ1v) is 7.58. The van der Waals surface area contributed by atoms with Crippen molar-refractivity contribution in [2.45, 2.75) is 19.8 Å². The summed E-state index contributed by atoms with van der Waals surface area (Å²) in [5.41, 5.74) is 3.56. The second-order valence-corrected chi connectivity index (χ2v) is 5.72. The minimum atomic E-state index is 0.0320. The van der Waals surface area contributed by atoms with Crippen molar-refractivity contribution in [3.63, 3.8) is 0 Å². The van der Waals surface area contributed by atoms with Gasteiger partial charge in [-0.25, -0.2) is 0 Å². The molecule has 0 aliphatic carbocycles. The maximum absolute atomic E-state index is 12.4. The number of aryl methyl sites for hydroxylation is 2. The van der Waals surface area contributed by atoms with Crippen molar-refractivity contribution in [2.24, 2.45) is 7.05 Å². The van der Waals surface area contributed by atoms with Crippen LogP contribution in [0, 0.1) is 6.92 Å². The molecule has 0 N–H and O–H groups in total. The van der Waals surface area contributed by atoms with Crippen molar-refractivity contribution in [1.82, 2.24) is 14.7 Å². The molecule has 1 amide bonds. The van der Waals surface area contributed by atoms with Gasteiger partial charge in [-0.05, 0) is 49.6 Å². The SMILES string of the molecule is COc1ccc(-c2cc(C(=O)N3CCCC3)nn2C)cc1C. The maximum atomic E-state index is 12.4. The molecule has 5 heteroatoms. The van der Waals surface area contributed by atoms with E-state index in [0.29, 0.717) is 5.69 Å². The summed E-state index contributed by atoms with van der Waals surface area (Å²) in [7, 11) is 3.54. The van der Waals surface area contributed by atoms with E-state index in [4.69, 9.17) is 4.74 Å². The molecule has 1 aromatic heterocycles. The number of hydrogen-bond acceptors (Lipinski definition) is 3. The summed E-state index contributed by atoms with van der Waals surface area (Å²) in [6, 6.07) is 7.87. The number of benzene rings is 1. The van der Waals surface area contributed by atoms with E-state index in [9.17, 15) is 4.79 Å². The van der Waals surface area contributed by atoms with E-state index >= 15 is 0 Å². The molecule has 1 fully saturated rings. The normalized spacial score (nSPS) is 14.4. The average Bonchev–Trinajstić information content (AvgIpc) is 3.16. The Bertz CT molecular complexity index is 700. The lowest BCUT2D eigenvalue weighted by molar-refractivity contribution is 0.0786. The highest BCUT2D eigenvalue weighted by atomic mass is 16.5. The Hall–Kier alpha value is -2.30. The van der Waals surface area contributed by atoms with E-state index in [1.54, 1.807) is 11.8 Å². The second-order valence-electron chi connectivity index (χ2n) is 5.72. The Kier molecular flexibility index (Phi) is 3.88. The highest BCUT2D eigenvalue weighted by Crippen LogP contribution is 2.26. The molecule has 1 aromatic carbocycles. The van der Waals surface area contributed by atoms with Crippen molar-refractivity contribution in [1.29, 1.82) is 0 Å². The third-order valence-corrected chi connectivity index (χ3v) is 4.18. The number of amides is 1. The van der Waals surface area contributed by atoms with Crippen LogP contribution >= 0.6 is 0 Å². The fourth-order valence-electron chi connectivity index (χ4n) is 2.96. The number of aromatic nitrogens is 2. The van der Waals surface area contributed by atoms with E-state index in [1.807, 2.05) is 37.1 Å². The molecule has 1 aliphatic rings. The zero-order valence-electron chi connectivity index (χ0n) is 13.3. The fourth-order valence-corrected chi connectivity index (χ4v) is 2.96. The van der Waals surface area contributed by atoms with Gasteiger partial charge in [0.15, 0.2) is 5.69 Å². The standard InChI is InChI=1S/C17H21N3O2/c1-12-10-13(6-7-16(12)22-3)15-11-14(18-19(15)2)17(21)20-8-4-5-9-20/h6-7,10-11H,4-5,8-9H2,1-3H3. The molecule has 0 saturated carbocycles. The molecule has 0 unspecified atom stereocenters. The molecule has 5 nitrogen and oxygen atoms in total. The predicted octanol–water partition coefficient (Wildman–Crippen LogP) is 2.64. The zero-order chi connectivity index (χ0) is 15.7. The van der Waals surface area contributed by atoms with Gasteiger partial charge in [0, 0.05) is 25.7 Å². The first-order valence-electron chi connectivity index (χ1n) is 7.58. The molecule has 1 saturated heterocycles. The number of carbonyl (C=O) groups excluding carboxylic acids is 1. The van der Waals surface area contributed by atoms with E-state index in [1.165, 1.54) is 0 Å². The Labute approximate surface area is 130 Å². The number of nitrogens with zero attached hydrogens (tertiary/aromatic N) is 3. The van der Waals surface area contributed by atoms with Gasteiger partial charge in [0.2, 0.25) is 0 Å². The lowest BCUT2D eigenvalue weighted by atomic mass is 10.1. The first-order chi connectivity index (χ1) is 10.6. The Balaban J connectivity index is 1.92. The third-order valence-electron chi connectivity index (χ3n) is 4.18. The van der Waals surface area contributed by atoms with Gasteiger partial charge in [-0.3, -0.25) is 9.48 Å². The number of ether oxygens (including phenoxy) is 1. The molecular weight excluding hydrogens is 278 g/mol. The molecule has 116 valence electrons. The Morgan fingerprint density at radius 2 is 1.95 bits per heavy atom. The van der Waals surface area contributed by atoms with Crippen LogP contribution in [0.1, 0.15) is 28.9 Å². The van der Waals surface area contributed by atoms with Gasteiger partial charge in [-0.1, -0.05) is 0 Å². The molecule has 1 aliphatic heterocycles. The zero-order valence-corrected chi connectivity index (χ0v) is 13.3. The lowest BCUT2D eigenvalue weighted by Gasteiger charge is -2.12. The number of hydrogen-bond donors (Lipinski definition) is 0. The van der Waals surface area contributed by atoms with Crippen molar-refractivity contribution in [3.05, 3.63) is 35.5 Å². The van der Waals surface area contributed by atoms with E-state index in [-0.39, 0.29) is 5.91 Å². The average molecular weight is 299 g/mol. The van der Waals surface area contributed by atoms with Gasteiger partial charge in [0.1, 0.15) is 5.75 Å². The summed E-state index contributed by atoms with van der Waals surface area (Å²) in [6.45, 7) is 3.69. The third kappa shape index (κ3) is 2.58. The fraction of sp³-hybridized carbons (Fsp3) is 0.412. The summed E-state index contributed by atoms with van der Waals surface area (Å²) in [4.78, 5) is 14.3. The van der Waals surface area contributed by atoms with Crippen LogP contribution in [0.15, 0.2) is 24.3 Å². The molecule has 2 heterocycles. The molecule has 0 bridgehead atoms. The molecular formula is C17H21N3O2. The molecule has 0 spiro atoms. The summed E-state index contributed by atoms with van der Waals surface area (Å²) >= 11 is 0. The predicted molar refractivity (Wildman–Crippen MR) is 85.1 cm³/mol. The van der Waals surface area contributed by atoms with Crippen LogP contribution in [-0.4, -0.2) is 40.8 Å². The molecule has 3 rings (SSSR count). The summed E-state index contributed by atoms with van der Waals surface area (Å²) in [5, 5.41) is 4.40. The van der Waals surface area contributed by atoms with Crippen LogP contribution < -0.4 is 4.74 Å². The Morgan fingerprint density at radius 3 is 2.59 bits per heavy atom. The van der Waals surface area contributed by atoms with Gasteiger partial charge in [0.05, 0.1) is 12.8 Å². The van der Waals surface area contributed by atoms with E-state index in [0.717, 1.165) is 48.5 Å². The lowest BCUT2D eigenvalue weighted by Crippen LogP contribution is -2.28. The van der Waals surface area contributed by atoms with Crippen molar-refractivity contribution in [2.75, 3.05) is 20.2 Å². The van der Waals surface area contributed by atoms with Gasteiger partial charge in [-0.15, -0.1) is 0 Å². The van der Waals surface area contributed by atoms with E-state index in [2.05, 4.69) is 11.2 Å². The second kappa shape index (κ2) is 5.83. The van der Waals surface area contributed by atoms with Gasteiger partial charge < -0.3 is 9.64 Å². The smallest absolute Gasteiger partial charge is 0.274 e. The highest BCUT2D eigenvalue weighted by Gasteiger charge is 2.22. The van der Waals surface area contributed by atoms with Gasteiger partial charge in [0.25, 0.3) is 5.91 Å². The minimum Gasteiger partial charge on any atom is -0.496 e. The maximum Gasteiger partial charge on any atom is 0.274 e. The first kappa shape index (κ1) is 14.6. The molecule has 22 heavy (non-hydrogen) atoms. The summed E-state index contributed by atoms with van der Waals surface area (Å²) in [6.07, 6.45) is 2.17. The van der Waals surface area contributed by atoms with Crippen LogP contribution in [0.5, 0.6) is 5.75 Å².